The van der Waals surface area contributed by atoms with Crippen molar-refractivity contribution in [2.45, 2.75) is 25.9 Å². The van der Waals surface area contributed by atoms with Gasteiger partial charge in [0, 0.05) is 25.7 Å². The van der Waals surface area contributed by atoms with Gasteiger partial charge in [0.15, 0.2) is 0 Å². The molecule has 142 valence electrons. The molecule has 1 aromatic carbocycles. The molecule has 28 heavy (non-hydrogen) atoms. The first-order valence-electron chi connectivity index (χ1n) is 9.04. The molecular weight excluding hydrogens is 358 g/mol. The van der Waals surface area contributed by atoms with Crippen molar-refractivity contribution >= 4 is 29.3 Å². The monoisotopic (exact) mass is 377 g/mol. The van der Waals surface area contributed by atoms with Gasteiger partial charge in [-0.05, 0) is 35.8 Å². The van der Waals surface area contributed by atoms with Crippen molar-refractivity contribution in [3.63, 3.8) is 0 Å². The number of carbonyl (C=O) groups is 2. The maximum Gasteiger partial charge on any atom is 0.414 e. The molecule has 1 atom stereocenters. The van der Waals surface area contributed by atoms with Gasteiger partial charge in [-0.3, -0.25) is 9.69 Å². The predicted octanol–water partition coefficient (Wildman–Crippen LogP) is 2.16. The smallest absolute Gasteiger partial charge is 0.414 e. The number of nitrogens with zero attached hydrogens (tertiary/aromatic N) is 4. The van der Waals surface area contributed by atoms with E-state index in [0.29, 0.717) is 18.9 Å². The van der Waals surface area contributed by atoms with Gasteiger partial charge in [-0.15, -0.1) is 0 Å². The Morgan fingerprint density at radius 2 is 2.18 bits per heavy atom. The molecule has 1 unspecified atom stereocenters. The highest BCUT2D eigenvalue weighted by Crippen LogP contribution is 2.30. The molecule has 0 bridgehead atoms. The van der Waals surface area contributed by atoms with Gasteiger partial charge in [0.05, 0.1) is 17.9 Å². The summed E-state index contributed by atoms with van der Waals surface area (Å²) in [4.78, 5) is 29.0. The van der Waals surface area contributed by atoms with Gasteiger partial charge in [-0.2, -0.15) is 5.26 Å². The van der Waals surface area contributed by atoms with Crippen LogP contribution in [0.3, 0.4) is 0 Å². The van der Waals surface area contributed by atoms with Crippen LogP contribution in [0.25, 0.3) is 11.6 Å². The Balaban J connectivity index is 1.55. The molecule has 1 fully saturated rings. The van der Waals surface area contributed by atoms with Crippen LogP contribution >= 0.6 is 0 Å². The maximum absolute atomic E-state index is 12.1. The molecule has 0 aliphatic carbocycles. The van der Waals surface area contributed by atoms with Crippen LogP contribution in [0.4, 0.5) is 10.5 Å². The molecule has 2 aliphatic heterocycles. The van der Waals surface area contributed by atoms with Gasteiger partial charge in [0.2, 0.25) is 11.7 Å². The van der Waals surface area contributed by atoms with E-state index >= 15 is 0 Å². The normalized spacial score (nSPS) is 18.1. The van der Waals surface area contributed by atoms with Crippen molar-refractivity contribution in [3.8, 4) is 6.07 Å². The van der Waals surface area contributed by atoms with Crippen molar-refractivity contribution in [2.75, 3.05) is 18.1 Å². The molecule has 0 saturated carbocycles. The summed E-state index contributed by atoms with van der Waals surface area (Å²) in [6.07, 6.45) is 4.14. The highest BCUT2D eigenvalue weighted by Gasteiger charge is 2.34. The van der Waals surface area contributed by atoms with E-state index < -0.39 is 6.09 Å². The topological polar surface area (TPSA) is 100 Å². The number of cyclic esters (lactones) is 1. The number of rotatable bonds is 4. The number of anilines is 1. The highest BCUT2D eigenvalue weighted by atomic mass is 16.6. The number of nitrogens with one attached hydrogen (secondary N) is 1. The zero-order valence-corrected chi connectivity index (χ0v) is 15.4. The molecule has 0 spiro atoms. The van der Waals surface area contributed by atoms with Crippen molar-refractivity contribution in [1.82, 2.24) is 14.9 Å². The van der Waals surface area contributed by atoms with Crippen molar-refractivity contribution in [3.05, 3.63) is 47.5 Å². The fourth-order valence-corrected chi connectivity index (χ4v) is 3.56. The first-order valence-corrected chi connectivity index (χ1v) is 9.04. The third-order valence-corrected chi connectivity index (χ3v) is 4.98. The van der Waals surface area contributed by atoms with E-state index in [2.05, 4.69) is 16.4 Å². The van der Waals surface area contributed by atoms with Crippen LogP contribution in [0, 0.1) is 11.3 Å². The first kappa shape index (κ1) is 17.8. The van der Waals surface area contributed by atoms with Gasteiger partial charge in [0.25, 0.3) is 0 Å². The molecule has 1 aromatic heterocycles. The van der Waals surface area contributed by atoms with Crippen LogP contribution < -0.4 is 10.2 Å². The number of aromatic nitrogens is 2. The lowest BCUT2D eigenvalue weighted by atomic mass is 9.99. The molecule has 1 saturated heterocycles. The lowest BCUT2D eigenvalue weighted by Gasteiger charge is -2.22. The lowest BCUT2D eigenvalue weighted by Crippen LogP contribution is -2.42. The Hall–Kier alpha value is -3.60. The molecule has 2 aliphatic rings. The summed E-state index contributed by atoms with van der Waals surface area (Å²) in [6.45, 7) is 2.75. The quantitative estimate of drug-likeness (QED) is 0.880. The minimum absolute atomic E-state index is 0.141. The lowest BCUT2D eigenvalue weighted by molar-refractivity contribution is -0.119. The zero-order chi connectivity index (χ0) is 19.7. The fourth-order valence-electron chi connectivity index (χ4n) is 3.56. The van der Waals surface area contributed by atoms with Crippen LogP contribution in [0.5, 0.6) is 0 Å². The second-order valence-corrected chi connectivity index (χ2v) is 6.77. The maximum atomic E-state index is 12.1. The standard InChI is InChI=1S/C20H19N5O3/c1-13(26)22-11-18-12-28-20(27)25(18)16-4-2-14(3-5-16)15-6-7-24-17(8-15)10-23-19(24)9-21/h2-5,8,10,18H,6-7,11-12H2,1H3,(H,22,26). The van der Waals surface area contributed by atoms with E-state index in [1.54, 1.807) is 11.1 Å². The molecule has 1 N–H and O–H groups in total. The predicted molar refractivity (Wildman–Crippen MR) is 102 cm³/mol. The molecule has 8 heteroatoms. The number of hydrogen-bond donors (Lipinski definition) is 1. The van der Waals surface area contributed by atoms with E-state index in [9.17, 15) is 9.59 Å². The largest absolute Gasteiger partial charge is 0.447 e. The number of allylic oxidation sites excluding steroid dienone is 1. The van der Waals surface area contributed by atoms with Gasteiger partial charge in [-0.1, -0.05) is 12.1 Å². The van der Waals surface area contributed by atoms with Gasteiger partial charge >= 0.3 is 6.09 Å². The third-order valence-electron chi connectivity index (χ3n) is 4.98. The SMILES string of the molecule is CC(=O)NCC1COC(=O)N1c1ccc(C2=Cc3cnc(C#N)n3CC2)cc1. The molecule has 4 rings (SSSR count). The third kappa shape index (κ3) is 3.22. The summed E-state index contributed by atoms with van der Waals surface area (Å²) in [5.41, 5.74) is 3.86. The van der Waals surface area contributed by atoms with E-state index in [1.807, 2.05) is 34.9 Å². The number of fused-ring (bicyclic) bond motifs is 1. The van der Waals surface area contributed by atoms with Crippen molar-refractivity contribution in [2.24, 2.45) is 0 Å². The summed E-state index contributed by atoms with van der Waals surface area (Å²) in [7, 11) is 0. The van der Waals surface area contributed by atoms with Crippen molar-refractivity contribution in [1.29, 1.82) is 5.26 Å². The molecular formula is C20H19N5O3. The Morgan fingerprint density at radius 3 is 2.89 bits per heavy atom. The summed E-state index contributed by atoms with van der Waals surface area (Å²) < 4.78 is 7.06. The number of benzene rings is 1. The Labute approximate surface area is 162 Å². The minimum atomic E-state index is -0.409. The Bertz CT molecular complexity index is 1000. The number of ether oxygens (including phenoxy) is 1. The number of hydrogen-bond acceptors (Lipinski definition) is 5. The minimum Gasteiger partial charge on any atom is -0.447 e. The van der Waals surface area contributed by atoms with Crippen LogP contribution in [0.1, 0.15) is 30.4 Å². The molecule has 2 aromatic rings. The van der Waals surface area contributed by atoms with E-state index in [4.69, 9.17) is 10.00 Å². The van der Waals surface area contributed by atoms with E-state index in [1.165, 1.54) is 6.92 Å². The summed E-state index contributed by atoms with van der Waals surface area (Å²) in [5, 5.41) is 11.8. The van der Waals surface area contributed by atoms with E-state index in [-0.39, 0.29) is 18.6 Å². The average molecular weight is 377 g/mol. The average Bonchev–Trinajstić information content (AvgIpc) is 3.29. The van der Waals surface area contributed by atoms with Gasteiger partial charge in [0.1, 0.15) is 12.7 Å². The first-order chi connectivity index (χ1) is 13.6. The molecule has 2 amide bonds. The van der Waals surface area contributed by atoms with Crippen LogP contribution in [-0.2, 0) is 16.1 Å². The van der Waals surface area contributed by atoms with Gasteiger partial charge < -0.3 is 14.6 Å². The van der Waals surface area contributed by atoms with Crippen LogP contribution in [0.2, 0.25) is 0 Å². The zero-order valence-electron chi connectivity index (χ0n) is 15.4. The van der Waals surface area contributed by atoms with Crippen LogP contribution in [0.15, 0.2) is 30.5 Å². The number of amides is 2. The van der Waals surface area contributed by atoms with E-state index in [0.717, 1.165) is 28.9 Å². The Morgan fingerprint density at radius 1 is 1.39 bits per heavy atom. The Kier molecular flexibility index (Phi) is 4.57. The molecule has 8 nitrogen and oxygen atoms in total. The molecule has 3 heterocycles. The number of imidazole rings is 1. The summed E-state index contributed by atoms with van der Waals surface area (Å²) >= 11 is 0. The summed E-state index contributed by atoms with van der Waals surface area (Å²) in [5.74, 6) is 0.288. The van der Waals surface area contributed by atoms with Crippen molar-refractivity contribution < 1.29 is 14.3 Å². The number of nitriles is 1. The van der Waals surface area contributed by atoms with Crippen LogP contribution in [-0.4, -0.2) is 40.7 Å². The second kappa shape index (κ2) is 7.19. The molecule has 0 radical (unpaired) electrons. The van der Waals surface area contributed by atoms with Gasteiger partial charge in [-0.25, -0.2) is 9.78 Å². The number of carbonyl (C=O) groups excluding carboxylic acids is 2. The summed E-state index contributed by atoms with van der Waals surface area (Å²) in [6, 6.07) is 9.59. The fraction of sp³-hybridized carbons (Fsp3) is 0.300. The highest BCUT2D eigenvalue weighted by molar-refractivity contribution is 5.91. The second-order valence-electron chi connectivity index (χ2n) is 6.77.